The van der Waals surface area contributed by atoms with Crippen molar-refractivity contribution < 1.29 is 47.6 Å². The van der Waals surface area contributed by atoms with Crippen LogP contribution in [0.25, 0.3) is 0 Å². The zero-order valence-electron chi connectivity index (χ0n) is 12.1. The molecular weight excluding hydrogens is 390 g/mol. The van der Waals surface area contributed by atoms with Crippen molar-refractivity contribution in [2.24, 2.45) is 0 Å². The number of phosphoric acid groups is 2. The van der Waals surface area contributed by atoms with Gasteiger partial charge in [-0.05, 0) is 0 Å². The van der Waals surface area contributed by atoms with E-state index in [1.807, 2.05) is 4.98 Å². The number of nitrogens with zero attached hydrogens (tertiary/aromatic N) is 1. The summed E-state index contributed by atoms with van der Waals surface area (Å²) in [5.74, 6) is 0. The summed E-state index contributed by atoms with van der Waals surface area (Å²) in [5, 5.41) is 19.8. The minimum Gasteiger partial charge on any atom is -0.387 e. The Labute approximate surface area is 138 Å². The van der Waals surface area contributed by atoms with Gasteiger partial charge in [-0.1, -0.05) is 0 Å². The molecule has 5 atom stereocenters. The van der Waals surface area contributed by atoms with Crippen molar-refractivity contribution in [3.8, 4) is 0 Å². The first-order valence-corrected chi connectivity index (χ1v) is 9.49. The highest BCUT2D eigenvalue weighted by molar-refractivity contribution is 7.60. The van der Waals surface area contributed by atoms with Gasteiger partial charge in [-0.15, -0.1) is 0 Å². The third kappa shape index (κ3) is 5.15. The van der Waals surface area contributed by atoms with Crippen molar-refractivity contribution in [3.05, 3.63) is 33.1 Å². The molecule has 0 amide bonds. The summed E-state index contributed by atoms with van der Waals surface area (Å²) in [7, 11) is -10.5. The van der Waals surface area contributed by atoms with Crippen molar-refractivity contribution in [2.45, 2.75) is 24.5 Å². The molecule has 6 N–H and O–H groups in total. The molecule has 2 rings (SSSR count). The Kier molecular flexibility index (Phi) is 5.81. The van der Waals surface area contributed by atoms with Crippen molar-refractivity contribution >= 4 is 15.6 Å². The molecule has 1 fully saturated rings. The molecule has 2 heterocycles. The van der Waals surface area contributed by atoms with E-state index in [1.165, 1.54) is 0 Å². The first-order chi connectivity index (χ1) is 11.4. The van der Waals surface area contributed by atoms with E-state index in [-0.39, 0.29) is 0 Å². The molecular formula is C9H14N2O12P2. The maximum atomic E-state index is 11.7. The van der Waals surface area contributed by atoms with Gasteiger partial charge in [-0.3, -0.25) is 18.9 Å². The molecule has 0 aromatic carbocycles. The molecule has 142 valence electrons. The summed E-state index contributed by atoms with van der Waals surface area (Å²) < 4.78 is 35.6. The molecule has 0 bridgehead atoms. The van der Waals surface area contributed by atoms with Crippen molar-refractivity contribution in [1.82, 2.24) is 9.55 Å². The van der Waals surface area contributed by atoms with Gasteiger partial charge in [0.15, 0.2) is 6.23 Å². The molecule has 1 aliphatic rings. The van der Waals surface area contributed by atoms with Crippen molar-refractivity contribution in [2.75, 3.05) is 6.61 Å². The Morgan fingerprint density at radius 2 is 1.84 bits per heavy atom. The predicted molar refractivity (Wildman–Crippen MR) is 76.2 cm³/mol. The quantitative estimate of drug-likeness (QED) is 0.269. The number of aliphatic hydroxyl groups excluding tert-OH is 2. The van der Waals surface area contributed by atoms with E-state index in [9.17, 15) is 28.9 Å². The van der Waals surface area contributed by atoms with Crippen molar-refractivity contribution in [1.29, 1.82) is 0 Å². The number of ether oxygens (including phenoxy) is 1. The van der Waals surface area contributed by atoms with E-state index in [1.54, 1.807) is 0 Å². The normalized spacial score (nSPS) is 29.5. The number of aromatic nitrogens is 2. The first kappa shape index (κ1) is 20.1. The van der Waals surface area contributed by atoms with Crippen LogP contribution in [0.15, 0.2) is 21.9 Å². The van der Waals surface area contributed by atoms with Crippen LogP contribution < -0.4 is 11.2 Å². The lowest BCUT2D eigenvalue weighted by Crippen LogP contribution is -2.37. The lowest BCUT2D eigenvalue weighted by molar-refractivity contribution is -0.0542. The Bertz CT molecular complexity index is 828. The van der Waals surface area contributed by atoms with E-state index in [2.05, 4.69) is 8.83 Å². The average molecular weight is 404 g/mol. The van der Waals surface area contributed by atoms with Crippen LogP contribution in [0, 0.1) is 0 Å². The van der Waals surface area contributed by atoms with Crippen LogP contribution >= 0.6 is 15.6 Å². The van der Waals surface area contributed by atoms with Crippen LogP contribution in [-0.4, -0.2) is 59.4 Å². The number of rotatable bonds is 6. The van der Waals surface area contributed by atoms with E-state index < -0.39 is 58.0 Å². The number of nitrogens with one attached hydrogen (secondary N) is 1. The van der Waals surface area contributed by atoms with Gasteiger partial charge in [0.1, 0.15) is 18.3 Å². The summed E-state index contributed by atoms with van der Waals surface area (Å²) in [4.78, 5) is 50.7. The maximum Gasteiger partial charge on any atom is 0.481 e. The van der Waals surface area contributed by atoms with Gasteiger partial charge in [0.25, 0.3) is 5.56 Å². The van der Waals surface area contributed by atoms with Crippen molar-refractivity contribution in [3.63, 3.8) is 0 Å². The monoisotopic (exact) mass is 404 g/mol. The van der Waals surface area contributed by atoms with Gasteiger partial charge in [0, 0.05) is 12.3 Å². The summed E-state index contributed by atoms with van der Waals surface area (Å²) in [6.07, 6.45) is -5.25. The smallest absolute Gasteiger partial charge is 0.387 e. The number of aliphatic hydroxyl groups is 2. The maximum absolute atomic E-state index is 11.7. The molecule has 0 spiro atoms. The van der Waals surface area contributed by atoms with E-state index in [0.29, 0.717) is 0 Å². The molecule has 0 aliphatic carbocycles. The van der Waals surface area contributed by atoms with Gasteiger partial charge in [0.2, 0.25) is 0 Å². The molecule has 2 unspecified atom stereocenters. The van der Waals surface area contributed by atoms with Crippen LogP contribution in [0.5, 0.6) is 0 Å². The lowest BCUT2D eigenvalue weighted by Gasteiger charge is -2.17. The van der Waals surface area contributed by atoms with E-state index in [0.717, 1.165) is 16.8 Å². The van der Waals surface area contributed by atoms with Gasteiger partial charge < -0.3 is 29.6 Å². The van der Waals surface area contributed by atoms with Crippen LogP contribution in [0.4, 0.5) is 0 Å². The molecule has 0 saturated carbocycles. The lowest BCUT2D eigenvalue weighted by atomic mass is 10.1. The summed E-state index contributed by atoms with van der Waals surface area (Å²) in [6.45, 7) is -0.902. The Morgan fingerprint density at radius 1 is 1.20 bits per heavy atom. The minimum atomic E-state index is -5.32. The fourth-order valence-electron chi connectivity index (χ4n) is 2.05. The highest BCUT2D eigenvalue weighted by Crippen LogP contribution is 2.57. The molecule has 16 heteroatoms. The molecule has 1 saturated heterocycles. The second kappa shape index (κ2) is 7.21. The molecule has 1 aliphatic heterocycles. The van der Waals surface area contributed by atoms with Crippen LogP contribution in [0.1, 0.15) is 6.23 Å². The second-order valence-electron chi connectivity index (χ2n) is 4.90. The summed E-state index contributed by atoms with van der Waals surface area (Å²) in [5.41, 5.74) is -1.65. The van der Waals surface area contributed by atoms with E-state index >= 15 is 0 Å². The third-order valence-corrected chi connectivity index (χ3v) is 5.23. The molecule has 25 heavy (non-hydrogen) atoms. The Hall–Kier alpha value is -1.18. The van der Waals surface area contributed by atoms with Crippen LogP contribution in [0.2, 0.25) is 0 Å². The zero-order chi connectivity index (χ0) is 19.0. The number of phosphoric ester groups is 1. The Balaban J connectivity index is 2.09. The predicted octanol–water partition coefficient (Wildman–Crippen LogP) is -2.62. The van der Waals surface area contributed by atoms with Gasteiger partial charge >= 0.3 is 21.3 Å². The highest BCUT2D eigenvalue weighted by Gasteiger charge is 2.45. The molecule has 1 aromatic rings. The molecule has 0 radical (unpaired) electrons. The second-order valence-corrected chi connectivity index (χ2v) is 7.73. The summed E-state index contributed by atoms with van der Waals surface area (Å²) in [6, 6.07) is 0.962. The SMILES string of the molecule is O=c1ccn(C2O[C@H](COP(=O)(O)OP(=O)(O)O)[C@@H](O)[C@H]2O)c(=O)[nH]1. The largest absolute Gasteiger partial charge is 0.481 e. The average Bonchev–Trinajstić information content (AvgIpc) is 2.71. The zero-order valence-corrected chi connectivity index (χ0v) is 13.9. The number of aromatic amines is 1. The minimum absolute atomic E-state index is 0.704. The van der Waals surface area contributed by atoms with Gasteiger partial charge in [-0.25, -0.2) is 13.9 Å². The fraction of sp³-hybridized carbons (Fsp3) is 0.556. The summed E-state index contributed by atoms with van der Waals surface area (Å²) >= 11 is 0. The Morgan fingerprint density at radius 3 is 2.40 bits per heavy atom. The standard InChI is InChI=1S/C9H14N2O12P2/c12-5-1-2-11(9(15)10-5)8-7(14)6(13)4(22-8)3-21-25(19,20)23-24(16,17)18/h1-2,4,6-8,13-14H,3H2,(H,19,20)(H,10,12,15)(H2,16,17,18)/t4-,6-,7-,8?/m1/s1. The molecule has 14 nitrogen and oxygen atoms in total. The fourth-order valence-corrected chi connectivity index (χ4v) is 3.65. The van der Waals surface area contributed by atoms with E-state index in [4.69, 9.17) is 19.4 Å². The first-order valence-electron chi connectivity index (χ1n) is 6.47. The van der Waals surface area contributed by atoms with Gasteiger partial charge in [-0.2, -0.15) is 4.31 Å². The van der Waals surface area contributed by atoms with Gasteiger partial charge in [0.05, 0.1) is 6.61 Å². The molecule has 1 aromatic heterocycles. The number of H-pyrrole nitrogens is 1. The highest BCUT2D eigenvalue weighted by atomic mass is 31.3. The third-order valence-electron chi connectivity index (χ3n) is 3.07. The van der Waals surface area contributed by atoms with Crippen LogP contribution in [-0.2, 0) is 22.7 Å². The number of hydrogen-bond donors (Lipinski definition) is 6. The number of hydrogen-bond acceptors (Lipinski definition) is 9. The van der Waals surface area contributed by atoms with Crippen LogP contribution in [0.3, 0.4) is 0 Å². The topological polar surface area (TPSA) is 218 Å².